The van der Waals surface area contributed by atoms with Gasteiger partial charge in [-0.05, 0) is 70.6 Å². The number of aliphatic hydroxyl groups excluding tert-OH is 2. The number of nitrogens with one attached hydrogen (secondary N) is 1. The molecule has 3 unspecified atom stereocenters. The maximum absolute atomic E-state index is 13.0. The highest BCUT2D eigenvalue weighted by Crippen LogP contribution is 2.17. The lowest BCUT2D eigenvalue weighted by Gasteiger charge is -2.24. The summed E-state index contributed by atoms with van der Waals surface area (Å²) >= 11 is 0. The lowest BCUT2D eigenvalue weighted by Crippen LogP contribution is -2.46. The third kappa shape index (κ3) is 34.9. The molecule has 0 rings (SSSR count). The number of hydrogen-bond acceptors (Lipinski definition) is 5. The van der Waals surface area contributed by atoms with Crippen LogP contribution < -0.4 is 5.32 Å². The Morgan fingerprint density at radius 2 is 1.04 bits per heavy atom. The molecular formula is C45H83NO5. The first-order valence-electron chi connectivity index (χ1n) is 21.7. The average Bonchev–Trinajstić information content (AvgIpc) is 3.12. The van der Waals surface area contributed by atoms with Crippen LogP contribution in [0.15, 0.2) is 36.5 Å². The molecule has 0 aliphatic heterocycles. The smallest absolute Gasteiger partial charge is 0.306 e. The summed E-state index contributed by atoms with van der Waals surface area (Å²) in [6, 6.07) is -0.703. The van der Waals surface area contributed by atoms with Gasteiger partial charge >= 0.3 is 5.97 Å². The van der Waals surface area contributed by atoms with Crippen molar-refractivity contribution < 1.29 is 24.5 Å². The summed E-state index contributed by atoms with van der Waals surface area (Å²) in [5.41, 5.74) is 0. The van der Waals surface area contributed by atoms with Gasteiger partial charge in [0.1, 0.15) is 6.10 Å². The normalized spacial score (nSPS) is 13.7. The quantitative estimate of drug-likeness (QED) is 0.0256. The van der Waals surface area contributed by atoms with Gasteiger partial charge < -0.3 is 20.3 Å². The molecule has 0 bridgehead atoms. The van der Waals surface area contributed by atoms with Crippen molar-refractivity contribution in [3.63, 3.8) is 0 Å². The molecule has 298 valence electrons. The summed E-state index contributed by atoms with van der Waals surface area (Å²) in [5, 5.41) is 23.5. The molecule has 6 heteroatoms. The Morgan fingerprint density at radius 3 is 1.65 bits per heavy atom. The number of amides is 1. The lowest BCUT2D eigenvalue weighted by molar-refractivity contribution is -0.151. The zero-order valence-corrected chi connectivity index (χ0v) is 33.7. The van der Waals surface area contributed by atoms with E-state index in [1.165, 1.54) is 83.5 Å². The van der Waals surface area contributed by atoms with Crippen LogP contribution in [0.3, 0.4) is 0 Å². The summed E-state index contributed by atoms with van der Waals surface area (Å²) in [5.74, 6) is -0.509. The van der Waals surface area contributed by atoms with Crippen LogP contribution in [0.4, 0.5) is 0 Å². The third-order valence-corrected chi connectivity index (χ3v) is 9.70. The molecule has 0 aliphatic rings. The summed E-state index contributed by atoms with van der Waals surface area (Å²) in [6.45, 7) is 6.34. The van der Waals surface area contributed by atoms with Crippen LogP contribution >= 0.6 is 0 Å². The van der Waals surface area contributed by atoms with Crippen molar-refractivity contribution in [1.82, 2.24) is 5.32 Å². The zero-order chi connectivity index (χ0) is 37.5. The first kappa shape index (κ1) is 49.1. The van der Waals surface area contributed by atoms with Gasteiger partial charge in [0.05, 0.1) is 25.2 Å². The minimum Gasteiger partial charge on any atom is -0.462 e. The molecule has 3 atom stereocenters. The van der Waals surface area contributed by atoms with Gasteiger partial charge in [-0.3, -0.25) is 9.59 Å². The second-order valence-electron chi connectivity index (χ2n) is 14.8. The van der Waals surface area contributed by atoms with Gasteiger partial charge in [-0.1, -0.05) is 166 Å². The number of ether oxygens (including phenoxy) is 1. The van der Waals surface area contributed by atoms with Crippen molar-refractivity contribution in [2.75, 3.05) is 6.61 Å². The van der Waals surface area contributed by atoms with Gasteiger partial charge in [-0.2, -0.15) is 0 Å². The fourth-order valence-electron chi connectivity index (χ4n) is 6.36. The number of carbonyl (C=O) groups is 2. The fraction of sp³-hybridized carbons (Fsp3) is 0.822. The molecule has 0 fully saturated rings. The molecule has 0 spiro atoms. The number of aliphatic hydroxyl groups is 2. The van der Waals surface area contributed by atoms with Gasteiger partial charge in [-0.25, -0.2) is 0 Å². The van der Waals surface area contributed by atoms with Crippen LogP contribution in [0.2, 0.25) is 0 Å². The molecule has 1 amide bonds. The number of allylic oxidation sites excluding steroid dienone is 6. The molecule has 0 aromatic carbocycles. The number of hydrogen-bond donors (Lipinski definition) is 3. The Hall–Kier alpha value is -1.92. The summed E-state index contributed by atoms with van der Waals surface area (Å²) in [6.07, 6.45) is 43.5. The predicted octanol–water partition coefficient (Wildman–Crippen LogP) is 12.2. The zero-order valence-electron chi connectivity index (χ0n) is 33.7. The van der Waals surface area contributed by atoms with Crippen molar-refractivity contribution in [3.8, 4) is 0 Å². The standard InChI is InChI=1S/C45H83NO5/c1-4-7-10-13-16-19-20-21-22-23-24-26-29-32-35-38-45(50)51-41(36-33-30-27-18-15-12-9-6-3)39-44(49)46-42(40-47)43(48)37-34-31-28-25-17-14-11-8-5-2/h12,15-16,19-21,41-43,47-48H,4-11,13-14,17-18,22-40H2,1-3H3,(H,46,49)/b15-12-,19-16+,21-20+. The van der Waals surface area contributed by atoms with E-state index in [4.69, 9.17) is 4.74 Å². The van der Waals surface area contributed by atoms with Crippen LogP contribution in [-0.2, 0) is 14.3 Å². The molecule has 3 N–H and O–H groups in total. The molecule has 0 radical (unpaired) electrons. The number of unbranched alkanes of at least 4 members (excludes halogenated alkanes) is 21. The maximum atomic E-state index is 13.0. The molecule has 0 aromatic rings. The largest absolute Gasteiger partial charge is 0.462 e. The summed E-state index contributed by atoms with van der Waals surface area (Å²) < 4.78 is 5.86. The Balaban J connectivity index is 4.53. The van der Waals surface area contributed by atoms with Crippen LogP contribution in [-0.4, -0.2) is 46.9 Å². The van der Waals surface area contributed by atoms with E-state index in [1.54, 1.807) is 0 Å². The molecular weight excluding hydrogens is 634 g/mol. The van der Waals surface area contributed by atoms with Gasteiger partial charge in [-0.15, -0.1) is 0 Å². The second kappa shape index (κ2) is 39.3. The van der Waals surface area contributed by atoms with E-state index in [2.05, 4.69) is 62.5 Å². The Bertz CT molecular complexity index is 854. The van der Waals surface area contributed by atoms with E-state index >= 15 is 0 Å². The van der Waals surface area contributed by atoms with Crippen molar-refractivity contribution in [2.45, 2.75) is 232 Å². The molecule has 51 heavy (non-hydrogen) atoms. The minimum absolute atomic E-state index is 0.0620. The lowest BCUT2D eigenvalue weighted by atomic mass is 10.0. The van der Waals surface area contributed by atoms with Crippen molar-refractivity contribution in [2.24, 2.45) is 0 Å². The highest BCUT2D eigenvalue weighted by molar-refractivity contribution is 5.77. The monoisotopic (exact) mass is 718 g/mol. The Morgan fingerprint density at radius 1 is 0.569 bits per heavy atom. The van der Waals surface area contributed by atoms with Gasteiger partial charge in [0, 0.05) is 6.42 Å². The van der Waals surface area contributed by atoms with Crippen LogP contribution in [0.5, 0.6) is 0 Å². The van der Waals surface area contributed by atoms with E-state index in [1.807, 2.05) is 0 Å². The molecule has 0 heterocycles. The number of esters is 1. The average molecular weight is 718 g/mol. The minimum atomic E-state index is -0.788. The van der Waals surface area contributed by atoms with Gasteiger partial charge in [0.15, 0.2) is 0 Å². The molecule has 0 aromatic heterocycles. The van der Waals surface area contributed by atoms with Gasteiger partial charge in [0.25, 0.3) is 0 Å². The highest BCUT2D eigenvalue weighted by Gasteiger charge is 2.24. The first-order chi connectivity index (χ1) is 25.0. The Kier molecular flexibility index (Phi) is 37.8. The number of rotatable bonds is 38. The Labute approximate surface area is 315 Å². The summed E-state index contributed by atoms with van der Waals surface area (Å²) in [7, 11) is 0. The molecule has 6 nitrogen and oxygen atoms in total. The van der Waals surface area contributed by atoms with Crippen molar-refractivity contribution in [3.05, 3.63) is 36.5 Å². The van der Waals surface area contributed by atoms with Crippen molar-refractivity contribution >= 4 is 11.9 Å². The topological polar surface area (TPSA) is 95.9 Å². The van der Waals surface area contributed by atoms with E-state index in [0.29, 0.717) is 19.3 Å². The van der Waals surface area contributed by atoms with E-state index in [9.17, 15) is 19.8 Å². The number of carbonyl (C=O) groups excluding carboxylic acids is 2. The van der Waals surface area contributed by atoms with E-state index in [-0.39, 0.29) is 24.9 Å². The van der Waals surface area contributed by atoms with Gasteiger partial charge in [0.2, 0.25) is 5.91 Å². The van der Waals surface area contributed by atoms with Crippen LogP contribution in [0.25, 0.3) is 0 Å². The maximum Gasteiger partial charge on any atom is 0.306 e. The highest BCUT2D eigenvalue weighted by atomic mass is 16.5. The SMILES string of the molecule is CCC/C=C\CCCCCC(CC(=O)NC(CO)C(O)CCCCCCCCCCC)OC(=O)CCCCCCCC/C=C/C=C/CCCCC. The summed E-state index contributed by atoms with van der Waals surface area (Å²) in [4.78, 5) is 25.8. The van der Waals surface area contributed by atoms with Crippen molar-refractivity contribution in [1.29, 1.82) is 0 Å². The van der Waals surface area contributed by atoms with E-state index in [0.717, 1.165) is 83.5 Å². The van der Waals surface area contributed by atoms with Crippen LogP contribution in [0.1, 0.15) is 213 Å². The van der Waals surface area contributed by atoms with Crippen LogP contribution in [0, 0.1) is 0 Å². The molecule has 0 saturated carbocycles. The second-order valence-corrected chi connectivity index (χ2v) is 14.8. The van der Waals surface area contributed by atoms with E-state index < -0.39 is 18.2 Å². The molecule has 0 saturated heterocycles. The fourth-order valence-corrected chi connectivity index (χ4v) is 6.36. The molecule has 0 aliphatic carbocycles. The predicted molar refractivity (Wildman–Crippen MR) is 218 cm³/mol. The first-order valence-corrected chi connectivity index (χ1v) is 21.7. The third-order valence-electron chi connectivity index (χ3n) is 9.70.